The first-order valence-corrected chi connectivity index (χ1v) is 11.7. The zero-order valence-corrected chi connectivity index (χ0v) is 17.5. The summed E-state index contributed by atoms with van der Waals surface area (Å²) >= 11 is 0. The van der Waals surface area contributed by atoms with Gasteiger partial charge in [0.15, 0.2) is 0 Å². The van der Waals surface area contributed by atoms with Crippen LogP contribution < -0.4 is 0 Å². The van der Waals surface area contributed by atoms with E-state index >= 15 is 0 Å². The summed E-state index contributed by atoms with van der Waals surface area (Å²) in [6.07, 6.45) is -1.38. The van der Waals surface area contributed by atoms with Crippen LogP contribution in [0.25, 0.3) is 0 Å². The number of rotatable bonds is 6. The predicted molar refractivity (Wildman–Crippen MR) is 104 cm³/mol. The fourth-order valence-electron chi connectivity index (χ4n) is 3.11. The lowest BCUT2D eigenvalue weighted by Crippen LogP contribution is -2.40. The van der Waals surface area contributed by atoms with Crippen LogP contribution in [0.15, 0.2) is 58.3 Å². The molecule has 2 aromatic carbocycles. The molecule has 0 saturated carbocycles. The van der Waals surface area contributed by atoms with Gasteiger partial charge in [0.2, 0.25) is 10.0 Å². The van der Waals surface area contributed by atoms with Crippen molar-refractivity contribution in [2.45, 2.75) is 42.2 Å². The van der Waals surface area contributed by atoms with Crippen molar-refractivity contribution in [2.24, 2.45) is 0 Å². The molecule has 0 radical (unpaired) electrons. The third kappa shape index (κ3) is 4.50. The number of aryl methyl sites for hydroxylation is 2. The van der Waals surface area contributed by atoms with Crippen LogP contribution in [0.2, 0.25) is 0 Å². The van der Waals surface area contributed by atoms with Crippen LogP contribution in [-0.2, 0) is 29.1 Å². The average molecular weight is 440 g/mol. The SMILES string of the molecule is Cc1ccc(S(=O)(=O)OC2CC(C(=O)O)N(S(=O)(=O)c3ccc(C)cc3)C2)cc1. The van der Waals surface area contributed by atoms with Crippen molar-refractivity contribution in [3.8, 4) is 0 Å². The summed E-state index contributed by atoms with van der Waals surface area (Å²) < 4.78 is 56.9. The Kier molecular flexibility index (Phi) is 5.81. The molecule has 0 bridgehead atoms. The molecule has 1 saturated heterocycles. The Balaban J connectivity index is 1.86. The molecule has 0 aromatic heterocycles. The van der Waals surface area contributed by atoms with Crippen LogP contribution in [0, 0.1) is 13.8 Å². The summed E-state index contributed by atoms with van der Waals surface area (Å²) in [7, 11) is -8.29. The highest BCUT2D eigenvalue weighted by atomic mass is 32.2. The molecule has 29 heavy (non-hydrogen) atoms. The molecule has 156 valence electrons. The predicted octanol–water partition coefficient (Wildman–Crippen LogP) is 1.93. The molecule has 10 heteroatoms. The molecule has 0 aliphatic carbocycles. The van der Waals surface area contributed by atoms with Gasteiger partial charge in [-0.3, -0.25) is 8.98 Å². The smallest absolute Gasteiger partial charge is 0.322 e. The number of hydrogen-bond acceptors (Lipinski definition) is 6. The van der Waals surface area contributed by atoms with Crippen molar-refractivity contribution in [1.29, 1.82) is 0 Å². The topological polar surface area (TPSA) is 118 Å². The highest BCUT2D eigenvalue weighted by Gasteiger charge is 2.46. The number of aliphatic carboxylic acids is 1. The minimum atomic E-state index is -4.16. The molecular weight excluding hydrogens is 418 g/mol. The number of nitrogens with zero attached hydrogens (tertiary/aromatic N) is 1. The summed E-state index contributed by atoms with van der Waals surface area (Å²) in [5, 5.41) is 9.49. The Morgan fingerprint density at radius 2 is 1.41 bits per heavy atom. The van der Waals surface area contributed by atoms with Gasteiger partial charge in [0.1, 0.15) is 6.04 Å². The van der Waals surface area contributed by atoms with E-state index in [2.05, 4.69) is 0 Å². The molecular formula is C19H21NO7S2. The zero-order chi connectivity index (χ0) is 21.4. The van der Waals surface area contributed by atoms with Gasteiger partial charge < -0.3 is 5.11 Å². The van der Waals surface area contributed by atoms with Gasteiger partial charge in [0, 0.05) is 13.0 Å². The molecule has 2 atom stereocenters. The van der Waals surface area contributed by atoms with E-state index in [0.717, 1.165) is 15.4 Å². The van der Waals surface area contributed by atoms with Crippen molar-refractivity contribution in [2.75, 3.05) is 6.54 Å². The number of carbonyl (C=O) groups is 1. The van der Waals surface area contributed by atoms with Crippen LogP contribution in [0.5, 0.6) is 0 Å². The van der Waals surface area contributed by atoms with Crippen molar-refractivity contribution >= 4 is 26.1 Å². The Labute approximate surface area is 169 Å². The van der Waals surface area contributed by atoms with Gasteiger partial charge in [-0.1, -0.05) is 35.4 Å². The Bertz CT molecular complexity index is 1110. The van der Waals surface area contributed by atoms with Crippen molar-refractivity contribution < 1.29 is 30.9 Å². The van der Waals surface area contributed by atoms with Gasteiger partial charge >= 0.3 is 5.97 Å². The third-order valence-electron chi connectivity index (χ3n) is 4.70. The second-order valence-electron chi connectivity index (χ2n) is 6.96. The molecule has 2 aromatic rings. The van der Waals surface area contributed by atoms with Crippen LogP contribution >= 0.6 is 0 Å². The number of carboxylic acid groups (broad SMARTS) is 1. The van der Waals surface area contributed by atoms with Crippen molar-refractivity contribution in [3.63, 3.8) is 0 Å². The van der Waals surface area contributed by atoms with Crippen molar-refractivity contribution in [1.82, 2.24) is 4.31 Å². The summed E-state index contributed by atoms with van der Waals surface area (Å²) in [4.78, 5) is 11.5. The normalized spacial score (nSPS) is 20.6. The number of sulfonamides is 1. The maximum absolute atomic E-state index is 12.9. The van der Waals surface area contributed by atoms with Gasteiger partial charge in [-0.25, -0.2) is 8.42 Å². The first-order valence-electron chi connectivity index (χ1n) is 8.82. The number of carboxylic acids is 1. The van der Waals surface area contributed by atoms with Gasteiger partial charge in [0.25, 0.3) is 10.1 Å². The van der Waals surface area contributed by atoms with E-state index in [4.69, 9.17) is 4.18 Å². The molecule has 1 aliphatic rings. The van der Waals surface area contributed by atoms with E-state index in [1.165, 1.54) is 24.3 Å². The zero-order valence-electron chi connectivity index (χ0n) is 15.8. The lowest BCUT2D eigenvalue weighted by molar-refractivity contribution is -0.140. The Morgan fingerprint density at radius 3 is 1.90 bits per heavy atom. The van der Waals surface area contributed by atoms with Gasteiger partial charge in [-0.05, 0) is 38.1 Å². The van der Waals surface area contributed by atoms with Crippen LogP contribution in [0.3, 0.4) is 0 Å². The summed E-state index contributed by atoms with van der Waals surface area (Å²) in [5.41, 5.74) is 1.72. The van der Waals surface area contributed by atoms with Crippen LogP contribution in [-0.4, -0.2) is 50.9 Å². The van der Waals surface area contributed by atoms with E-state index in [-0.39, 0.29) is 22.8 Å². The molecule has 1 heterocycles. The minimum absolute atomic E-state index is 0.0589. The highest BCUT2D eigenvalue weighted by molar-refractivity contribution is 7.89. The van der Waals surface area contributed by atoms with Crippen LogP contribution in [0.4, 0.5) is 0 Å². The second kappa shape index (κ2) is 7.86. The first-order chi connectivity index (χ1) is 13.5. The van der Waals surface area contributed by atoms with Gasteiger partial charge in [-0.15, -0.1) is 0 Å². The monoisotopic (exact) mass is 439 g/mol. The summed E-state index contributed by atoms with van der Waals surface area (Å²) in [6.45, 7) is 3.23. The molecule has 1 N–H and O–H groups in total. The first kappa shape index (κ1) is 21.4. The second-order valence-corrected chi connectivity index (χ2v) is 10.4. The largest absolute Gasteiger partial charge is 0.480 e. The Morgan fingerprint density at radius 1 is 0.931 bits per heavy atom. The maximum Gasteiger partial charge on any atom is 0.322 e. The number of benzene rings is 2. The highest BCUT2D eigenvalue weighted by Crippen LogP contribution is 2.30. The molecule has 0 amide bonds. The fourth-order valence-corrected chi connectivity index (χ4v) is 5.82. The van der Waals surface area contributed by atoms with Gasteiger partial charge in [-0.2, -0.15) is 12.7 Å². The van der Waals surface area contributed by atoms with E-state index in [0.29, 0.717) is 0 Å². The van der Waals surface area contributed by atoms with Crippen LogP contribution in [0.1, 0.15) is 17.5 Å². The quantitative estimate of drug-likeness (QED) is 0.683. The molecule has 2 unspecified atom stereocenters. The minimum Gasteiger partial charge on any atom is -0.480 e. The maximum atomic E-state index is 12.9. The number of hydrogen-bond donors (Lipinski definition) is 1. The summed E-state index contributed by atoms with van der Waals surface area (Å²) in [5.74, 6) is -1.36. The molecule has 3 rings (SSSR count). The van der Waals surface area contributed by atoms with E-state index in [9.17, 15) is 26.7 Å². The third-order valence-corrected chi connectivity index (χ3v) is 7.97. The molecule has 8 nitrogen and oxygen atoms in total. The lowest BCUT2D eigenvalue weighted by atomic mass is 10.2. The van der Waals surface area contributed by atoms with E-state index in [1.54, 1.807) is 38.1 Å². The average Bonchev–Trinajstić information content (AvgIpc) is 3.07. The molecule has 0 spiro atoms. The van der Waals surface area contributed by atoms with Crippen molar-refractivity contribution in [3.05, 3.63) is 59.7 Å². The lowest BCUT2D eigenvalue weighted by Gasteiger charge is -2.20. The van der Waals surface area contributed by atoms with E-state index in [1.807, 2.05) is 0 Å². The standard InChI is InChI=1S/C19H21NO7S2/c1-13-3-7-16(8-4-13)28(23,24)20-12-15(11-18(20)19(21)22)27-29(25,26)17-9-5-14(2)6-10-17/h3-10,15,18H,11-12H2,1-2H3,(H,21,22). The summed E-state index contributed by atoms with van der Waals surface area (Å²) in [6, 6.07) is 10.6. The Hall–Kier alpha value is -2.27. The van der Waals surface area contributed by atoms with Gasteiger partial charge in [0.05, 0.1) is 15.9 Å². The molecule has 1 aliphatic heterocycles. The fraction of sp³-hybridized carbons (Fsp3) is 0.316. The van der Waals surface area contributed by atoms with E-state index < -0.39 is 38.3 Å². The molecule has 1 fully saturated rings.